The molecule has 4 rings (SSSR count). The molecule has 0 saturated carbocycles. The van der Waals surface area contributed by atoms with Gasteiger partial charge in [0.15, 0.2) is 5.78 Å². The van der Waals surface area contributed by atoms with Gasteiger partial charge >= 0.3 is 5.97 Å². The Morgan fingerprint density at radius 1 is 1.03 bits per heavy atom. The third-order valence-corrected chi connectivity index (χ3v) is 5.71. The maximum Gasteiger partial charge on any atom is 0.337 e. The van der Waals surface area contributed by atoms with Crippen molar-refractivity contribution in [1.29, 1.82) is 0 Å². The van der Waals surface area contributed by atoms with Crippen LogP contribution in [0.2, 0.25) is 0 Å². The number of ether oxygens (including phenoxy) is 1. The Bertz CT molecular complexity index is 1020. The lowest BCUT2D eigenvalue weighted by molar-refractivity contribution is -0.140. The van der Waals surface area contributed by atoms with Gasteiger partial charge in [-0.2, -0.15) is 0 Å². The molecule has 2 aromatic rings. The van der Waals surface area contributed by atoms with E-state index in [1.54, 1.807) is 0 Å². The molecule has 0 fully saturated rings. The van der Waals surface area contributed by atoms with Crippen LogP contribution in [0.15, 0.2) is 77.1 Å². The number of rotatable bonds is 4. The molecule has 4 nitrogen and oxygen atoms in total. The zero-order chi connectivity index (χ0) is 20.4. The van der Waals surface area contributed by atoms with Gasteiger partial charge < -0.3 is 10.1 Å². The average Bonchev–Trinajstić information content (AvgIpc) is 2.72. The van der Waals surface area contributed by atoms with Gasteiger partial charge in [0.2, 0.25) is 0 Å². The van der Waals surface area contributed by atoms with E-state index in [2.05, 4.69) is 5.32 Å². The fourth-order valence-corrected chi connectivity index (χ4v) is 4.28. The van der Waals surface area contributed by atoms with E-state index in [4.69, 9.17) is 4.74 Å². The van der Waals surface area contributed by atoms with Crippen molar-refractivity contribution in [3.8, 4) is 0 Å². The van der Waals surface area contributed by atoms with E-state index in [0.717, 1.165) is 46.5 Å². The van der Waals surface area contributed by atoms with Gasteiger partial charge in [-0.05, 0) is 43.4 Å². The molecule has 1 atom stereocenters. The molecular formula is C25H25NO3. The summed E-state index contributed by atoms with van der Waals surface area (Å²) in [5, 5.41) is 3.33. The smallest absolute Gasteiger partial charge is 0.337 e. The summed E-state index contributed by atoms with van der Waals surface area (Å²) in [6, 6.07) is 17.6. The number of hydrogen-bond donors (Lipinski definition) is 1. The zero-order valence-corrected chi connectivity index (χ0v) is 16.8. The van der Waals surface area contributed by atoms with Crippen LogP contribution in [0.3, 0.4) is 0 Å². The molecule has 1 aliphatic carbocycles. The highest BCUT2D eigenvalue weighted by Gasteiger charge is 2.39. The predicted octanol–water partition coefficient (Wildman–Crippen LogP) is 4.71. The number of esters is 1. The van der Waals surface area contributed by atoms with Gasteiger partial charge in [-0.3, -0.25) is 4.79 Å². The summed E-state index contributed by atoms with van der Waals surface area (Å²) in [4.78, 5) is 26.1. The van der Waals surface area contributed by atoms with Crippen molar-refractivity contribution in [1.82, 2.24) is 5.32 Å². The Balaban J connectivity index is 1.73. The Hall–Kier alpha value is -3.14. The quantitative estimate of drug-likeness (QED) is 0.772. The maximum atomic E-state index is 13.2. The summed E-state index contributed by atoms with van der Waals surface area (Å²) in [7, 11) is 0. The molecule has 0 spiro atoms. The molecule has 1 N–H and O–H groups in total. The molecule has 1 unspecified atom stereocenters. The Morgan fingerprint density at radius 3 is 2.52 bits per heavy atom. The van der Waals surface area contributed by atoms with E-state index in [1.165, 1.54) is 0 Å². The molecule has 1 heterocycles. The van der Waals surface area contributed by atoms with Crippen LogP contribution in [0.5, 0.6) is 0 Å². The van der Waals surface area contributed by atoms with Gasteiger partial charge in [0.25, 0.3) is 0 Å². The Morgan fingerprint density at radius 2 is 1.76 bits per heavy atom. The Labute approximate surface area is 171 Å². The van der Waals surface area contributed by atoms with Crippen LogP contribution in [-0.2, 0) is 20.9 Å². The first kappa shape index (κ1) is 19.2. The fourth-order valence-electron chi connectivity index (χ4n) is 4.28. The molecule has 0 aromatic heterocycles. The molecule has 148 valence electrons. The first-order valence-corrected chi connectivity index (χ1v) is 10.1. The molecule has 0 bridgehead atoms. The first-order valence-electron chi connectivity index (χ1n) is 10.1. The standard InChI is InChI=1S/C25H25NO3/c1-16-9-6-7-12-19(16)23-22(25(28)29-15-18-10-4-3-5-11-18)17(2)26-20-13-8-14-21(27)24(20)23/h3-7,9-12,23,26H,8,13-15H2,1-2H3. The van der Waals surface area contributed by atoms with E-state index in [0.29, 0.717) is 12.0 Å². The van der Waals surface area contributed by atoms with Crippen molar-refractivity contribution in [3.05, 3.63) is 93.8 Å². The summed E-state index contributed by atoms with van der Waals surface area (Å²) < 4.78 is 5.67. The highest BCUT2D eigenvalue weighted by molar-refractivity contribution is 6.03. The summed E-state index contributed by atoms with van der Waals surface area (Å²) >= 11 is 0. The summed E-state index contributed by atoms with van der Waals surface area (Å²) in [5.74, 6) is -0.645. The van der Waals surface area contributed by atoms with Crippen LogP contribution in [0, 0.1) is 6.92 Å². The van der Waals surface area contributed by atoms with Crippen LogP contribution in [0.25, 0.3) is 0 Å². The monoisotopic (exact) mass is 387 g/mol. The van der Waals surface area contributed by atoms with Gasteiger partial charge in [0, 0.05) is 29.3 Å². The topological polar surface area (TPSA) is 55.4 Å². The first-order chi connectivity index (χ1) is 14.1. The third-order valence-electron chi connectivity index (χ3n) is 5.71. The minimum Gasteiger partial charge on any atom is -0.457 e. The van der Waals surface area contributed by atoms with Gasteiger partial charge in [0.05, 0.1) is 5.57 Å². The molecule has 0 saturated heterocycles. The number of hydrogen-bond acceptors (Lipinski definition) is 4. The molecule has 0 radical (unpaired) electrons. The second kappa shape index (κ2) is 8.08. The lowest BCUT2D eigenvalue weighted by Gasteiger charge is -2.34. The maximum absolute atomic E-state index is 13.2. The largest absolute Gasteiger partial charge is 0.457 e. The number of ketones is 1. The minimum atomic E-state index is -0.386. The number of aryl methyl sites for hydroxylation is 1. The van der Waals surface area contributed by atoms with Gasteiger partial charge in [-0.25, -0.2) is 4.79 Å². The molecular weight excluding hydrogens is 362 g/mol. The Kier molecular flexibility index (Phi) is 5.34. The number of carbonyl (C=O) groups excluding carboxylic acids is 2. The van der Waals surface area contributed by atoms with Crippen molar-refractivity contribution in [2.24, 2.45) is 0 Å². The van der Waals surface area contributed by atoms with E-state index in [1.807, 2.05) is 68.4 Å². The number of allylic oxidation sites excluding steroid dienone is 3. The third kappa shape index (κ3) is 3.75. The second-order valence-corrected chi connectivity index (χ2v) is 7.68. The normalized spacial score (nSPS) is 19.0. The predicted molar refractivity (Wildman–Crippen MR) is 112 cm³/mol. The molecule has 29 heavy (non-hydrogen) atoms. The highest BCUT2D eigenvalue weighted by atomic mass is 16.5. The highest BCUT2D eigenvalue weighted by Crippen LogP contribution is 2.43. The average molecular weight is 387 g/mol. The molecule has 2 aliphatic rings. The van der Waals surface area contributed by atoms with Crippen molar-refractivity contribution in [2.45, 2.75) is 45.6 Å². The minimum absolute atomic E-state index is 0.118. The van der Waals surface area contributed by atoms with Crippen molar-refractivity contribution >= 4 is 11.8 Å². The summed E-state index contributed by atoms with van der Waals surface area (Å²) in [6.07, 6.45) is 2.19. The summed E-state index contributed by atoms with van der Waals surface area (Å²) in [6.45, 7) is 4.12. The SMILES string of the molecule is CC1=C(C(=O)OCc2ccccc2)C(c2ccccc2C)C2=C(CCCC2=O)N1. The van der Waals surface area contributed by atoms with Crippen molar-refractivity contribution in [2.75, 3.05) is 0 Å². The number of carbonyl (C=O) groups is 2. The summed E-state index contributed by atoms with van der Waals surface area (Å²) in [5.41, 5.74) is 5.96. The van der Waals surface area contributed by atoms with Gasteiger partial charge in [-0.15, -0.1) is 0 Å². The molecule has 2 aromatic carbocycles. The zero-order valence-electron chi connectivity index (χ0n) is 16.8. The van der Waals surface area contributed by atoms with Crippen molar-refractivity contribution < 1.29 is 14.3 Å². The van der Waals surface area contributed by atoms with Gasteiger partial charge in [-0.1, -0.05) is 54.6 Å². The van der Waals surface area contributed by atoms with E-state index < -0.39 is 0 Å². The number of nitrogens with one attached hydrogen (secondary N) is 1. The van der Waals surface area contributed by atoms with Crippen LogP contribution in [0.1, 0.15) is 48.8 Å². The van der Waals surface area contributed by atoms with Crippen LogP contribution >= 0.6 is 0 Å². The number of Topliss-reactive ketones (excluding diaryl/α,β-unsaturated/α-hetero) is 1. The molecule has 0 amide bonds. The second-order valence-electron chi connectivity index (χ2n) is 7.68. The van der Waals surface area contributed by atoms with Gasteiger partial charge in [0.1, 0.15) is 6.61 Å². The number of dihydropyridines is 1. The van der Waals surface area contributed by atoms with E-state index in [-0.39, 0.29) is 24.3 Å². The molecule has 1 aliphatic heterocycles. The molecule has 4 heteroatoms. The lowest BCUT2D eigenvalue weighted by atomic mass is 9.74. The number of benzene rings is 2. The van der Waals surface area contributed by atoms with E-state index >= 15 is 0 Å². The van der Waals surface area contributed by atoms with E-state index in [9.17, 15) is 9.59 Å². The van der Waals surface area contributed by atoms with Crippen LogP contribution in [-0.4, -0.2) is 11.8 Å². The van der Waals surface area contributed by atoms with Crippen molar-refractivity contribution in [3.63, 3.8) is 0 Å². The van der Waals surface area contributed by atoms with Crippen LogP contribution in [0.4, 0.5) is 0 Å². The fraction of sp³-hybridized carbons (Fsp3) is 0.280. The van der Waals surface area contributed by atoms with Crippen LogP contribution < -0.4 is 5.32 Å². The lowest BCUT2D eigenvalue weighted by Crippen LogP contribution is -2.34.